The third kappa shape index (κ3) is 2.47. The smallest absolute Gasteiger partial charge is 0.226 e. The number of rotatable bonds is 3. The highest BCUT2D eigenvalue weighted by Crippen LogP contribution is 2.41. The minimum absolute atomic E-state index is 0.169. The number of anilines is 1. The molecule has 1 aromatic carbocycles. The Balaban J connectivity index is 1.68. The highest BCUT2D eigenvalue weighted by molar-refractivity contribution is 5.92. The molecule has 108 valence electrons. The van der Waals surface area contributed by atoms with Crippen LogP contribution in [0.4, 0.5) is 5.69 Å². The van der Waals surface area contributed by atoms with Crippen molar-refractivity contribution >= 4 is 11.6 Å². The quantitative estimate of drug-likeness (QED) is 0.916. The number of amides is 1. The van der Waals surface area contributed by atoms with E-state index >= 15 is 0 Å². The Morgan fingerprint density at radius 2 is 1.95 bits per heavy atom. The Morgan fingerprint density at radius 3 is 2.60 bits per heavy atom. The van der Waals surface area contributed by atoms with Crippen molar-refractivity contribution in [1.82, 2.24) is 4.90 Å². The lowest BCUT2D eigenvalue weighted by Crippen LogP contribution is -2.41. The molecule has 3 rings (SSSR count). The summed E-state index contributed by atoms with van der Waals surface area (Å²) in [7, 11) is 0. The van der Waals surface area contributed by atoms with E-state index in [4.69, 9.17) is 0 Å². The van der Waals surface area contributed by atoms with Crippen LogP contribution in [0.5, 0.6) is 0 Å². The van der Waals surface area contributed by atoms with E-state index in [1.807, 2.05) is 6.07 Å². The first-order valence-electron chi connectivity index (χ1n) is 7.71. The standard InChI is InChI=1S/C17H24N2O/c1-13-5-6-15(14(2)11-13)18-16(20)12-17-7-3-9-19(17)10-4-8-17/h5-6,11H,3-4,7-10,12H2,1-2H3,(H,18,20). The molecule has 0 unspecified atom stereocenters. The van der Waals surface area contributed by atoms with Gasteiger partial charge in [0, 0.05) is 17.6 Å². The highest BCUT2D eigenvalue weighted by atomic mass is 16.1. The van der Waals surface area contributed by atoms with E-state index in [1.165, 1.54) is 44.3 Å². The second-order valence-electron chi connectivity index (χ2n) is 6.46. The van der Waals surface area contributed by atoms with Crippen molar-refractivity contribution in [3.63, 3.8) is 0 Å². The average Bonchev–Trinajstić information content (AvgIpc) is 2.91. The first-order chi connectivity index (χ1) is 9.59. The Bertz CT molecular complexity index is 514. The number of aryl methyl sites for hydroxylation is 2. The van der Waals surface area contributed by atoms with Crippen LogP contribution in [0.1, 0.15) is 43.2 Å². The predicted molar refractivity (Wildman–Crippen MR) is 81.9 cm³/mol. The SMILES string of the molecule is Cc1ccc(NC(=O)CC23CCCN2CCC3)c(C)c1. The zero-order chi connectivity index (χ0) is 14.2. The number of benzene rings is 1. The Morgan fingerprint density at radius 1 is 1.25 bits per heavy atom. The van der Waals surface area contributed by atoms with Gasteiger partial charge in [0.15, 0.2) is 0 Å². The van der Waals surface area contributed by atoms with E-state index < -0.39 is 0 Å². The van der Waals surface area contributed by atoms with Gasteiger partial charge in [-0.15, -0.1) is 0 Å². The molecule has 20 heavy (non-hydrogen) atoms. The van der Waals surface area contributed by atoms with Crippen molar-refractivity contribution in [1.29, 1.82) is 0 Å². The molecule has 1 N–H and O–H groups in total. The maximum atomic E-state index is 12.4. The van der Waals surface area contributed by atoms with Gasteiger partial charge in [0.1, 0.15) is 0 Å². The first-order valence-corrected chi connectivity index (χ1v) is 7.71. The molecule has 0 bridgehead atoms. The van der Waals surface area contributed by atoms with Gasteiger partial charge < -0.3 is 5.32 Å². The van der Waals surface area contributed by atoms with Crippen molar-refractivity contribution in [2.45, 2.75) is 51.5 Å². The monoisotopic (exact) mass is 272 g/mol. The van der Waals surface area contributed by atoms with E-state index in [1.54, 1.807) is 0 Å². The number of nitrogens with zero attached hydrogens (tertiary/aromatic N) is 1. The topological polar surface area (TPSA) is 32.3 Å². The van der Waals surface area contributed by atoms with Crippen LogP contribution in [-0.4, -0.2) is 29.4 Å². The molecule has 0 spiro atoms. The molecule has 1 amide bonds. The molecule has 0 saturated carbocycles. The van der Waals surface area contributed by atoms with Gasteiger partial charge >= 0.3 is 0 Å². The molecule has 1 aromatic rings. The Kier molecular flexibility index (Phi) is 3.55. The van der Waals surface area contributed by atoms with Gasteiger partial charge in [-0.3, -0.25) is 9.69 Å². The Hall–Kier alpha value is -1.35. The van der Waals surface area contributed by atoms with Crippen LogP contribution in [0, 0.1) is 13.8 Å². The number of carbonyl (C=O) groups is 1. The highest BCUT2D eigenvalue weighted by Gasteiger charge is 2.45. The molecule has 2 aliphatic rings. The summed E-state index contributed by atoms with van der Waals surface area (Å²) >= 11 is 0. The fourth-order valence-corrected chi connectivity index (χ4v) is 3.96. The molecule has 2 aliphatic heterocycles. The summed E-state index contributed by atoms with van der Waals surface area (Å²) in [6.45, 7) is 6.48. The zero-order valence-corrected chi connectivity index (χ0v) is 12.5. The van der Waals surface area contributed by atoms with Crippen LogP contribution in [0.3, 0.4) is 0 Å². The second kappa shape index (κ2) is 5.21. The molecule has 0 atom stereocenters. The first kappa shape index (κ1) is 13.6. The zero-order valence-electron chi connectivity index (χ0n) is 12.5. The van der Waals surface area contributed by atoms with E-state index in [2.05, 4.69) is 36.2 Å². The average molecular weight is 272 g/mol. The summed E-state index contributed by atoms with van der Waals surface area (Å²) < 4.78 is 0. The van der Waals surface area contributed by atoms with Crippen LogP contribution in [0.25, 0.3) is 0 Å². The molecule has 2 fully saturated rings. The molecule has 0 radical (unpaired) electrons. The van der Waals surface area contributed by atoms with Crippen molar-refractivity contribution < 1.29 is 4.79 Å². The summed E-state index contributed by atoms with van der Waals surface area (Å²) in [6.07, 6.45) is 5.52. The fourth-order valence-electron chi connectivity index (χ4n) is 3.96. The van der Waals surface area contributed by atoms with Gasteiger partial charge in [-0.05, 0) is 64.3 Å². The van der Waals surface area contributed by atoms with Crippen LogP contribution in [0.2, 0.25) is 0 Å². The molecule has 0 aliphatic carbocycles. The van der Waals surface area contributed by atoms with Crippen molar-refractivity contribution in [2.24, 2.45) is 0 Å². The molecular weight excluding hydrogens is 248 g/mol. The van der Waals surface area contributed by atoms with Crippen molar-refractivity contribution in [3.8, 4) is 0 Å². The van der Waals surface area contributed by atoms with E-state index in [0.717, 1.165) is 11.3 Å². The summed E-state index contributed by atoms with van der Waals surface area (Å²) in [5.74, 6) is 0.172. The van der Waals surface area contributed by atoms with Crippen LogP contribution in [0.15, 0.2) is 18.2 Å². The van der Waals surface area contributed by atoms with Crippen molar-refractivity contribution in [3.05, 3.63) is 29.3 Å². The minimum Gasteiger partial charge on any atom is -0.326 e. The molecule has 3 heteroatoms. The summed E-state index contributed by atoms with van der Waals surface area (Å²) in [4.78, 5) is 14.9. The van der Waals surface area contributed by atoms with E-state index in [-0.39, 0.29) is 11.4 Å². The Labute approximate surface area is 121 Å². The fraction of sp³-hybridized carbons (Fsp3) is 0.588. The summed E-state index contributed by atoms with van der Waals surface area (Å²) in [6, 6.07) is 6.19. The number of fused-ring (bicyclic) bond motifs is 1. The maximum absolute atomic E-state index is 12.4. The third-order valence-electron chi connectivity index (χ3n) is 4.96. The lowest BCUT2D eigenvalue weighted by Gasteiger charge is -2.31. The lowest BCUT2D eigenvalue weighted by molar-refractivity contribution is -0.118. The van der Waals surface area contributed by atoms with Crippen LogP contribution < -0.4 is 5.32 Å². The largest absolute Gasteiger partial charge is 0.326 e. The van der Waals surface area contributed by atoms with E-state index in [9.17, 15) is 4.79 Å². The van der Waals surface area contributed by atoms with Gasteiger partial charge in [-0.25, -0.2) is 0 Å². The van der Waals surface area contributed by atoms with Crippen LogP contribution in [-0.2, 0) is 4.79 Å². The number of hydrogen-bond donors (Lipinski definition) is 1. The molecule has 3 nitrogen and oxygen atoms in total. The number of carbonyl (C=O) groups excluding carboxylic acids is 1. The van der Waals surface area contributed by atoms with Gasteiger partial charge in [0.05, 0.1) is 0 Å². The molecule has 2 heterocycles. The maximum Gasteiger partial charge on any atom is 0.226 e. The second-order valence-corrected chi connectivity index (χ2v) is 6.46. The molecule has 2 saturated heterocycles. The van der Waals surface area contributed by atoms with Gasteiger partial charge in [0.2, 0.25) is 5.91 Å². The van der Waals surface area contributed by atoms with E-state index in [0.29, 0.717) is 6.42 Å². The summed E-state index contributed by atoms with van der Waals surface area (Å²) in [5, 5.41) is 3.11. The number of nitrogens with one attached hydrogen (secondary N) is 1. The molecule has 0 aromatic heterocycles. The normalized spacial score (nSPS) is 20.9. The van der Waals surface area contributed by atoms with Gasteiger partial charge in [0.25, 0.3) is 0 Å². The van der Waals surface area contributed by atoms with Gasteiger partial charge in [-0.2, -0.15) is 0 Å². The predicted octanol–water partition coefficient (Wildman–Crippen LogP) is 3.26. The summed E-state index contributed by atoms with van der Waals surface area (Å²) in [5.41, 5.74) is 3.50. The minimum atomic E-state index is 0.169. The van der Waals surface area contributed by atoms with Gasteiger partial charge in [-0.1, -0.05) is 17.7 Å². The molecular formula is C17H24N2O. The third-order valence-corrected chi connectivity index (χ3v) is 4.96. The lowest BCUT2D eigenvalue weighted by atomic mass is 9.90. The van der Waals surface area contributed by atoms with Crippen LogP contribution >= 0.6 is 0 Å². The number of hydrogen-bond acceptors (Lipinski definition) is 2. The van der Waals surface area contributed by atoms with Crippen molar-refractivity contribution in [2.75, 3.05) is 18.4 Å².